The van der Waals surface area contributed by atoms with E-state index in [9.17, 15) is 24.7 Å². The molecule has 1 aliphatic heterocycles. The first-order valence-corrected chi connectivity index (χ1v) is 15.0. The van der Waals surface area contributed by atoms with Gasteiger partial charge in [0.25, 0.3) is 0 Å². The predicted molar refractivity (Wildman–Crippen MR) is 152 cm³/mol. The number of phenolic OH excluding ortho intramolecular Hbond substituents is 2. The summed E-state index contributed by atoms with van der Waals surface area (Å²) in [4.78, 5) is 15.2. The Kier molecular flexibility index (Phi) is 9.71. The van der Waals surface area contributed by atoms with E-state index in [0.29, 0.717) is 36.4 Å². The fourth-order valence-electron chi connectivity index (χ4n) is 4.98. The maximum atomic E-state index is 13.2. The maximum Gasteiger partial charge on any atom is 0.334 e. The number of para-hydroxylation sites is 1. The van der Waals surface area contributed by atoms with Crippen LogP contribution in [-0.2, 0) is 13.6 Å². The number of aliphatic hydroxyl groups is 1. The molecule has 3 N–H and O–H groups in total. The summed E-state index contributed by atoms with van der Waals surface area (Å²) in [6, 6.07) is 9.39. The number of allylic oxidation sites excluding steroid dienone is 1. The van der Waals surface area contributed by atoms with Crippen molar-refractivity contribution in [3.8, 4) is 28.6 Å². The lowest BCUT2D eigenvalue weighted by atomic mass is 9.85. The number of phenols is 2. The van der Waals surface area contributed by atoms with Crippen LogP contribution in [0.2, 0.25) is 0 Å². The number of hydrogen-bond acceptors (Lipinski definition) is 10. The van der Waals surface area contributed by atoms with Crippen LogP contribution >= 0.6 is 7.60 Å². The van der Waals surface area contributed by atoms with E-state index in [1.807, 2.05) is 11.9 Å². The normalized spacial score (nSPS) is 18.5. The van der Waals surface area contributed by atoms with Gasteiger partial charge in [-0.25, -0.2) is 0 Å². The average molecular weight is 574 g/mol. The van der Waals surface area contributed by atoms with E-state index in [0.717, 1.165) is 6.07 Å². The monoisotopic (exact) mass is 573 g/mol. The number of rotatable bonds is 11. The fourth-order valence-corrected chi connectivity index (χ4v) is 6.46. The summed E-state index contributed by atoms with van der Waals surface area (Å²) < 4.78 is 35.3. The molecule has 40 heavy (non-hydrogen) atoms. The van der Waals surface area contributed by atoms with E-state index in [1.54, 1.807) is 50.3 Å². The van der Waals surface area contributed by atoms with Crippen LogP contribution in [0, 0.1) is 0 Å². The Morgan fingerprint density at radius 2 is 1.82 bits per heavy atom. The molecule has 216 valence electrons. The molecule has 0 bridgehead atoms. The van der Waals surface area contributed by atoms with Gasteiger partial charge in [-0.1, -0.05) is 24.3 Å². The highest BCUT2D eigenvalue weighted by molar-refractivity contribution is 7.54. The van der Waals surface area contributed by atoms with Crippen LogP contribution in [0.5, 0.6) is 17.2 Å². The number of piperidine rings is 1. The molecular weight excluding hydrogens is 537 g/mol. The summed E-state index contributed by atoms with van der Waals surface area (Å²) in [5, 5.41) is 32.1. The van der Waals surface area contributed by atoms with Gasteiger partial charge >= 0.3 is 7.60 Å². The van der Waals surface area contributed by atoms with Crippen molar-refractivity contribution in [2.24, 2.45) is 0 Å². The first kappa shape index (κ1) is 29.8. The van der Waals surface area contributed by atoms with E-state index in [1.165, 1.54) is 6.07 Å². The highest BCUT2D eigenvalue weighted by atomic mass is 31.2. The quantitative estimate of drug-likeness (QED) is 0.215. The van der Waals surface area contributed by atoms with E-state index < -0.39 is 30.8 Å². The van der Waals surface area contributed by atoms with Gasteiger partial charge < -0.3 is 38.4 Å². The second kappa shape index (κ2) is 13.0. The Balaban J connectivity index is 1.66. The van der Waals surface area contributed by atoms with Crippen LogP contribution in [-0.4, -0.2) is 72.4 Å². The molecule has 0 unspecified atom stereocenters. The average Bonchev–Trinajstić information content (AvgIpc) is 2.89. The first-order chi connectivity index (χ1) is 19.2. The number of likely N-dealkylation sites (tertiary alicyclic amines) is 1. The second-order valence-electron chi connectivity index (χ2n) is 9.64. The zero-order chi connectivity index (χ0) is 28.9. The van der Waals surface area contributed by atoms with Gasteiger partial charge in [-0.05, 0) is 46.0 Å². The van der Waals surface area contributed by atoms with Crippen molar-refractivity contribution in [2.45, 2.75) is 32.3 Å². The molecule has 10 nitrogen and oxygen atoms in total. The van der Waals surface area contributed by atoms with Crippen molar-refractivity contribution >= 4 is 18.6 Å². The highest BCUT2D eigenvalue weighted by Gasteiger charge is 2.33. The van der Waals surface area contributed by atoms with Gasteiger partial charge in [0.15, 0.2) is 5.43 Å². The minimum Gasteiger partial charge on any atom is -0.507 e. The molecule has 3 aromatic rings. The van der Waals surface area contributed by atoms with Crippen molar-refractivity contribution in [3.63, 3.8) is 0 Å². The topological polar surface area (TPSA) is 139 Å². The van der Waals surface area contributed by atoms with Gasteiger partial charge in [-0.3, -0.25) is 9.36 Å². The summed E-state index contributed by atoms with van der Waals surface area (Å²) in [5.74, 6) is -0.519. The molecule has 0 spiro atoms. The molecule has 1 aliphatic rings. The minimum atomic E-state index is -3.20. The lowest BCUT2D eigenvalue weighted by Gasteiger charge is -2.34. The van der Waals surface area contributed by atoms with Crippen molar-refractivity contribution < 1.29 is 38.1 Å². The Morgan fingerprint density at radius 1 is 1.10 bits per heavy atom. The van der Waals surface area contributed by atoms with Gasteiger partial charge in [-0.15, -0.1) is 0 Å². The molecule has 11 heteroatoms. The van der Waals surface area contributed by atoms with Gasteiger partial charge in [0.1, 0.15) is 40.6 Å². The predicted octanol–water partition coefficient (Wildman–Crippen LogP) is 4.85. The summed E-state index contributed by atoms with van der Waals surface area (Å²) in [7, 11) is -1.31. The Hall–Kier alpha value is -3.14. The molecule has 1 saturated heterocycles. The molecule has 2 heterocycles. The van der Waals surface area contributed by atoms with E-state index >= 15 is 0 Å². The van der Waals surface area contributed by atoms with Crippen molar-refractivity contribution in [1.29, 1.82) is 0 Å². The maximum absolute atomic E-state index is 13.2. The molecule has 0 amide bonds. The van der Waals surface area contributed by atoms with Crippen LogP contribution < -0.4 is 10.2 Å². The largest absolute Gasteiger partial charge is 0.507 e. The number of ether oxygens (including phenoxy) is 1. The van der Waals surface area contributed by atoms with Crippen LogP contribution in [0.3, 0.4) is 0 Å². The van der Waals surface area contributed by atoms with Crippen molar-refractivity contribution in [2.75, 3.05) is 46.1 Å². The number of aliphatic hydroxyl groups excluding tert-OH is 1. The summed E-state index contributed by atoms with van der Waals surface area (Å²) in [6.07, 6.45) is 3.22. The molecule has 4 rings (SSSR count). The first-order valence-electron chi connectivity index (χ1n) is 13.3. The highest BCUT2D eigenvalue weighted by Crippen LogP contribution is 2.48. The van der Waals surface area contributed by atoms with Gasteiger partial charge in [-0.2, -0.15) is 0 Å². The Morgan fingerprint density at radius 3 is 2.52 bits per heavy atom. The molecule has 1 aromatic heterocycles. The van der Waals surface area contributed by atoms with Crippen LogP contribution in [0.4, 0.5) is 0 Å². The molecular formula is C29H36NO9P. The third kappa shape index (κ3) is 6.59. The molecule has 2 atom stereocenters. The van der Waals surface area contributed by atoms with E-state index in [-0.39, 0.29) is 48.5 Å². The Bertz CT molecular complexity index is 1460. The van der Waals surface area contributed by atoms with E-state index in [4.69, 9.17) is 18.2 Å². The van der Waals surface area contributed by atoms with Crippen LogP contribution in [0.1, 0.15) is 31.7 Å². The number of nitrogens with zero attached hydrogens (tertiary/aromatic N) is 1. The lowest BCUT2D eigenvalue weighted by Crippen LogP contribution is -2.40. The van der Waals surface area contributed by atoms with Gasteiger partial charge in [0.05, 0.1) is 31.0 Å². The summed E-state index contributed by atoms with van der Waals surface area (Å²) in [6.45, 7) is 5.28. The van der Waals surface area contributed by atoms with Gasteiger partial charge in [0.2, 0.25) is 0 Å². The molecule has 0 saturated carbocycles. The number of aromatic hydroxyl groups is 2. The zero-order valence-electron chi connectivity index (χ0n) is 22.9. The molecule has 0 aliphatic carbocycles. The summed E-state index contributed by atoms with van der Waals surface area (Å²) in [5.41, 5.74) is 0.323. The van der Waals surface area contributed by atoms with Crippen molar-refractivity contribution in [1.82, 2.24) is 4.90 Å². The SMILES string of the molecule is CCOP(=O)(C/C=C/COc1ccccc1-c1cc(=O)c2c(O)cc(O)c([C@H]3CCN(C)C[C@H]3O)c2o1)OCC. The molecule has 1 fully saturated rings. The van der Waals surface area contributed by atoms with Crippen LogP contribution in [0.25, 0.3) is 22.3 Å². The van der Waals surface area contributed by atoms with Crippen molar-refractivity contribution in [3.05, 3.63) is 64.3 Å². The number of β-amino-alcohol motifs (C(OH)–C–C–N with tert-alkyl or cyclic N) is 1. The smallest absolute Gasteiger partial charge is 0.334 e. The third-order valence-electron chi connectivity index (χ3n) is 6.79. The lowest BCUT2D eigenvalue weighted by molar-refractivity contribution is 0.0630. The minimum absolute atomic E-state index is 0.0332. The Labute approximate surface area is 232 Å². The number of benzene rings is 2. The number of hydrogen-bond donors (Lipinski definition) is 3. The summed E-state index contributed by atoms with van der Waals surface area (Å²) >= 11 is 0. The number of fused-ring (bicyclic) bond motifs is 1. The fraction of sp³-hybridized carbons (Fsp3) is 0.414. The zero-order valence-corrected chi connectivity index (χ0v) is 23.8. The molecule has 0 radical (unpaired) electrons. The third-order valence-corrected chi connectivity index (χ3v) is 8.75. The number of likely N-dealkylation sites (N-methyl/N-ethyl adjacent to an activating group) is 1. The molecule has 2 aromatic carbocycles. The standard InChI is InChI=1S/C29H36NO9P/c1-4-37-40(35,38-5-2)15-9-8-14-36-25-11-7-6-10-20(25)26-17-23(33)28-22(32)16-21(31)27(29(28)39-26)19-12-13-30(3)18-24(19)34/h6-11,16-17,19,24,31-32,34H,4-5,12-15,18H2,1-3H3/b9-8+/t19-,24+/m0/s1. The van der Waals surface area contributed by atoms with Gasteiger partial charge in [0, 0.05) is 30.2 Å². The second-order valence-corrected chi connectivity index (χ2v) is 11.7. The van der Waals surface area contributed by atoms with Crippen LogP contribution in [0.15, 0.2) is 57.8 Å². The van der Waals surface area contributed by atoms with E-state index in [2.05, 4.69) is 0 Å².